The van der Waals surface area contributed by atoms with Crippen molar-refractivity contribution in [3.05, 3.63) is 28.2 Å². The number of phenolic OH excluding ortho intramolecular Hbond substituents is 1. The fourth-order valence-corrected chi connectivity index (χ4v) is 2.62. The topological polar surface area (TPSA) is 77.8 Å². The number of halogens is 1. The van der Waals surface area contributed by atoms with E-state index in [-0.39, 0.29) is 11.3 Å². The number of nitrogens with zero attached hydrogens (tertiary/aromatic N) is 1. The van der Waals surface area contributed by atoms with E-state index in [4.69, 9.17) is 5.11 Å². The second kappa shape index (κ2) is 5.61. The van der Waals surface area contributed by atoms with Crippen LogP contribution in [-0.4, -0.2) is 39.6 Å². The number of carbonyl (C=O) groups is 2. The van der Waals surface area contributed by atoms with E-state index in [2.05, 4.69) is 15.9 Å². The molecule has 1 heterocycles. The average Bonchev–Trinajstić information content (AvgIpc) is 2.38. The van der Waals surface area contributed by atoms with Crippen molar-refractivity contribution in [2.75, 3.05) is 6.54 Å². The van der Waals surface area contributed by atoms with Gasteiger partial charge in [-0.3, -0.25) is 4.79 Å². The highest BCUT2D eigenvalue weighted by atomic mass is 79.9. The van der Waals surface area contributed by atoms with Gasteiger partial charge in [-0.2, -0.15) is 0 Å². The summed E-state index contributed by atoms with van der Waals surface area (Å²) in [7, 11) is 0. The number of carboxylic acid groups (broad SMARTS) is 1. The predicted molar refractivity (Wildman–Crippen MR) is 72.1 cm³/mol. The van der Waals surface area contributed by atoms with E-state index in [0.29, 0.717) is 17.4 Å². The minimum absolute atomic E-state index is 0.136. The third-order valence-corrected chi connectivity index (χ3v) is 3.73. The maximum absolute atomic E-state index is 12.3. The van der Waals surface area contributed by atoms with Crippen LogP contribution in [0.2, 0.25) is 0 Å². The molecule has 1 fully saturated rings. The summed E-state index contributed by atoms with van der Waals surface area (Å²) in [6.07, 6.45) is 2.04. The maximum atomic E-state index is 12.3. The Morgan fingerprint density at radius 2 is 2.05 bits per heavy atom. The van der Waals surface area contributed by atoms with Crippen molar-refractivity contribution < 1.29 is 19.8 Å². The molecule has 0 aliphatic carbocycles. The zero-order valence-electron chi connectivity index (χ0n) is 10.2. The van der Waals surface area contributed by atoms with Crippen LogP contribution in [0.1, 0.15) is 29.6 Å². The van der Waals surface area contributed by atoms with Gasteiger partial charge in [-0.25, -0.2) is 4.79 Å². The zero-order chi connectivity index (χ0) is 14.0. The third-order valence-electron chi connectivity index (χ3n) is 3.24. The summed E-state index contributed by atoms with van der Waals surface area (Å²) in [5.41, 5.74) is 0.136. The molecule has 1 saturated heterocycles. The monoisotopic (exact) mass is 327 g/mol. The molecule has 2 N–H and O–H groups in total. The van der Waals surface area contributed by atoms with Crippen LogP contribution < -0.4 is 0 Å². The van der Waals surface area contributed by atoms with Crippen molar-refractivity contribution in [3.63, 3.8) is 0 Å². The summed E-state index contributed by atoms with van der Waals surface area (Å²) in [4.78, 5) is 24.8. The molecule has 0 saturated carbocycles. The molecule has 1 aliphatic rings. The highest BCUT2D eigenvalue weighted by Gasteiger charge is 2.33. The lowest BCUT2D eigenvalue weighted by atomic mass is 10.0. The van der Waals surface area contributed by atoms with Crippen molar-refractivity contribution >= 4 is 27.8 Å². The Kier molecular flexibility index (Phi) is 4.09. The fourth-order valence-electron chi connectivity index (χ4n) is 2.27. The summed E-state index contributed by atoms with van der Waals surface area (Å²) < 4.78 is 0.662. The predicted octanol–water partition coefficient (Wildman–Crippen LogP) is 2.23. The molecule has 2 rings (SSSR count). The molecular formula is C13H14BrNO4. The molecule has 1 amide bonds. The van der Waals surface area contributed by atoms with Crippen molar-refractivity contribution in [3.8, 4) is 5.75 Å². The molecule has 19 heavy (non-hydrogen) atoms. The van der Waals surface area contributed by atoms with Crippen molar-refractivity contribution in [1.82, 2.24) is 4.90 Å². The van der Waals surface area contributed by atoms with Crippen LogP contribution in [-0.2, 0) is 4.79 Å². The number of amides is 1. The normalized spacial score (nSPS) is 19.2. The fraction of sp³-hybridized carbons (Fsp3) is 0.385. The van der Waals surface area contributed by atoms with E-state index in [1.54, 1.807) is 6.07 Å². The number of aromatic hydroxyl groups is 1. The molecule has 102 valence electrons. The minimum atomic E-state index is -0.996. The Bertz CT molecular complexity index is 517. The molecule has 6 heteroatoms. The Morgan fingerprint density at radius 3 is 2.68 bits per heavy atom. The van der Waals surface area contributed by atoms with Gasteiger partial charge in [0.15, 0.2) is 0 Å². The van der Waals surface area contributed by atoms with Crippen molar-refractivity contribution in [1.29, 1.82) is 0 Å². The molecule has 1 aromatic carbocycles. The smallest absolute Gasteiger partial charge is 0.326 e. The number of piperidine rings is 1. The van der Waals surface area contributed by atoms with Gasteiger partial charge in [0.25, 0.3) is 5.91 Å². The lowest BCUT2D eigenvalue weighted by molar-refractivity contribution is -0.143. The average molecular weight is 328 g/mol. The Balaban J connectivity index is 2.28. The third kappa shape index (κ3) is 2.89. The molecule has 0 unspecified atom stereocenters. The van der Waals surface area contributed by atoms with Crippen LogP contribution in [0.25, 0.3) is 0 Å². The van der Waals surface area contributed by atoms with Crippen molar-refractivity contribution in [2.45, 2.75) is 25.3 Å². The summed E-state index contributed by atoms with van der Waals surface area (Å²) in [6.45, 7) is 0.408. The SMILES string of the molecule is O=C(O)[C@@H]1CCCCN1C(=O)c1ccc(Br)cc1O. The lowest BCUT2D eigenvalue weighted by Crippen LogP contribution is -2.48. The largest absolute Gasteiger partial charge is 0.507 e. The standard InChI is InChI=1S/C13H14BrNO4/c14-8-4-5-9(11(16)7-8)12(17)15-6-2-1-3-10(15)13(18)19/h4-5,7,10,16H,1-3,6H2,(H,18,19)/t10-/m0/s1. The Morgan fingerprint density at radius 1 is 1.32 bits per heavy atom. The Labute approximate surface area is 119 Å². The van der Waals surface area contributed by atoms with Gasteiger partial charge in [-0.1, -0.05) is 15.9 Å². The minimum Gasteiger partial charge on any atom is -0.507 e. The first-order valence-electron chi connectivity index (χ1n) is 6.03. The molecule has 1 aliphatic heterocycles. The second-order valence-electron chi connectivity index (χ2n) is 4.51. The molecule has 1 aromatic rings. The molecule has 0 aromatic heterocycles. The number of likely N-dealkylation sites (tertiary alicyclic amines) is 1. The van der Waals surface area contributed by atoms with E-state index in [1.807, 2.05) is 0 Å². The van der Waals surface area contributed by atoms with Gasteiger partial charge in [0, 0.05) is 11.0 Å². The number of rotatable bonds is 2. The lowest BCUT2D eigenvalue weighted by Gasteiger charge is -2.33. The van der Waals surface area contributed by atoms with E-state index in [0.717, 1.165) is 12.8 Å². The summed E-state index contributed by atoms with van der Waals surface area (Å²) in [5.74, 6) is -1.57. The van der Waals surface area contributed by atoms with Crippen LogP contribution in [0.5, 0.6) is 5.75 Å². The first-order chi connectivity index (χ1) is 9.00. The van der Waals surface area contributed by atoms with Crippen LogP contribution in [0.15, 0.2) is 22.7 Å². The summed E-state index contributed by atoms with van der Waals surface area (Å²) >= 11 is 3.20. The van der Waals surface area contributed by atoms with E-state index >= 15 is 0 Å². The quantitative estimate of drug-likeness (QED) is 0.873. The molecule has 1 atom stereocenters. The van der Waals surface area contributed by atoms with Gasteiger partial charge >= 0.3 is 5.97 Å². The Hall–Kier alpha value is -1.56. The number of carbonyl (C=O) groups excluding carboxylic acids is 1. The zero-order valence-corrected chi connectivity index (χ0v) is 11.8. The second-order valence-corrected chi connectivity index (χ2v) is 5.43. The van der Waals surface area contributed by atoms with Crippen LogP contribution >= 0.6 is 15.9 Å². The van der Waals surface area contributed by atoms with E-state index in [9.17, 15) is 14.7 Å². The molecular weight excluding hydrogens is 314 g/mol. The van der Waals surface area contributed by atoms with Crippen molar-refractivity contribution in [2.24, 2.45) is 0 Å². The van der Waals surface area contributed by atoms with Gasteiger partial charge in [-0.15, -0.1) is 0 Å². The molecule has 0 bridgehead atoms. The molecule has 5 nitrogen and oxygen atoms in total. The van der Waals surface area contributed by atoms with Crippen LogP contribution in [0.3, 0.4) is 0 Å². The summed E-state index contributed by atoms with van der Waals surface area (Å²) in [6, 6.07) is 3.76. The first-order valence-corrected chi connectivity index (χ1v) is 6.82. The number of hydrogen-bond donors (Lipinski definition) is 2. The highest BCUT2D eigenvalue weighted by Crippen LogP contribution is 2.26. The highest BCUT2D eigenvalue weighted by molar-refractivity contribution is 9.10. The van der Waals surface area contributed by atoms with Crippen LogP contribution in [0.4, 0.5) is 0 Å². The molecule has 0 radical (unpaired) electrons. The van der Waals surface area contributed by atoms with Gasteiger partial charge in [0.05, 0.1) is 5.56 Å². The van der Waals surface area contributed by atoms with Gasteiger partial charge in [0.1, 0.15) is 11.8 Å². The number of aliphatic carboxylic acids is 1. The number of phenols is 1. The summed E-state index contributed by atoms with van der Waals surface area (Å²) in [5, 5.41) is 18.9. The number of hydrogen-bond acceptors (Lipinski definition) is 3. The van der Waals surface area contributed by atoms with Gasteiger partial charge in [0.2, 0.25) is 0 Å². The van der Waals surface area contributed by atoms with Gasteiger partial charge in [-0.05, 0) is 37.5 Å². The van der Waals surface area contributed by atoms with E-state index in [1.165, 1.54) is 17.0 Å². The molecule has 0 spiro atoms. The number of carboxylic acids is 1. The van der Waals surface area contributed by atoms with E-state index < -0.39 is 17.9 Å². The number of benzene rings is 1. The van der Waals surface area contributed by atoms with Crippen LogP contribution in [0, 0.1) is 0 Å². The first kappa shape index (κ1) is 13.9. The maximum Gasteiger partial charge on any atom is 0.326 e. The van der Waals surface area contributed by atoms with Gasteiger partial charge < -0.3 is 15.1 Å².